The molecule has 3 nitrogen and oxygen atoms in total. The number of hydrogen-bond donors (Lipinski definition) is 1. The summed E-state index contributed by atoms with van der Waals surface area (Å²) in [5, 5.41) is 3.32. The summed E-state index contributed by atoms with van der Waals surface area (Å²) >= 11 is 0. The molecule has 0 radical (unpaired) electrons. The van der Waals surface area contributed by atoms with Gasteiger partial charge in [0.05, 0.1) is 6.54 Å². The van der Waals surface area contributed by atoms with Crippen molar-refractivity contribution in [3.05, 3.63) is 35.9 Å². The molecular weight excluding hydrogens is 224 g/mol. The fourth-order valence-corrected chi connectivity index (χ4v) is 1.66. The molecule has 1 rings (SSSR count). The molecule has 1 aromatic rings. The van der Waals surface area contributed by atoms with Crippen LogP contribution in [0, 0.1) is 0 Å². The lowest BCUT2D eigenvalue weighted by Gasteiger charge is -2.27. The van der Waals surface area contributed by atoms with Crippen LogP contribution < -0.4 is 5.32 Å². The quantitative estimate of drug-likeness (QED) is 0.836. The number of nitrogens with zero attached hydrogens (tertiary/aromatic N) is 1. The zero-order chi connectivity index (χ0) is 13.6. The van der Waals surface area contributed by atoms with Gasteiger partial charge in [0.15, 0.2) is 0 Å². The highest BCUT2D eigenvalue weighted by atomic mass is 16.2. The van der Waals surface area contributed by atoms with Gasteiger partial charge in [0.25, 0.3) is 0 Å². The molecule has 3 heteroatoms. The lowest BCUT2D eigenvalue weighted by atomic mass is 9.95. The molecule has 100 valence electrons. The van der Waals surface area contributed by atoms with Gasteiger partial charge in [0, 0.05) is 19.6 Å². The fraction of sp³-hybridized carbons (Fsp3) is 0.533. The van der Waals surface area contributed by atoms with Gasteiger partial charge in [-0.3, -0.25) is 4.79 Å². The summed E-state index contributed by atoms with van der Waals surface area (Å²) < 4.78 is 0. The molecule has 1 aromatic carbocycles. The Labute approximate surface area is 110 Å². The number of carbonyl (C=O) groups is 1. The number of hydrogen-bond acceptors (Lipinski definition) is 2. The molecule has 1 amide bonds. The minimum atomic E-state index is -0.0263. The van der Waals surface area contributed by atoms with E-state index in [9.17, 15) is 4.79 Å². The SMILES string of the molecule is CN(C)C(=O)CNC(C)(C)CCc1ccccc1. The van der Waals surface area contributed by atoms with Crippen LogP contribution in [0.4, 0.5) is 0 Å². The van der Waals surface area contributed by atoms with Crippen molar-refractivity contribution in [1.29, 1.82) is 0 Å². The van der Waals surface area contributed by atoms with Crippen LogP contribution in [-0.2, 0) is 11.2 Å². The van der Waals surface area contributed by atoms with Crippen LogP contribution in [0.1, 0.15) is 25.8 Å². The summed E-state index contributed by atoms with van der Waals surface area (Å²) in [6.07, 6.45) is 2.04. The number of amides is 1. The van der Waals surface area contributed by atoms with E-state index in [2.05, 4.69) is 43.4 Å². The summed E-state index contributed by atoms with van der Waals surface area (Å²) in [5.41, 5.74) is 1.31. The van der Waals surface area contributed by atoms with Crippen molar-refractivity contribution in [2.24, 2.45) is 0 Å². The van der Waals surface area contributed by atoms with Gasteiger partial charge in [0.2, 0.25) is 5.91 Å². The largest absolute Gasteiger partial charge is 0.348 e. The van der Waals surface area contributed by atoms with Crippen molar-refractivity contribution in [2.45, 2.75) is 32.2 Å². The molecule has 0 aliphatic rings. The van der Waals surface area contributed by atoms with E-state index in [1.807, 2.05) is 6.07 Å². The molecule has 0 spiro atoms. The Balaban J connectivity index is 2.38. The van der Waals surface area contributed by atoms with Gasteiger partial charge >= 0.3 is 0 Å². The van der Waals surface area contributed by atoms with Crippen molar-refractivity contribution in [3.63, 3.8) is 0 Å². The standard InChI is InChI=1S/C15H24N2O/c1-15(2,16-12-14(18)17(3)4)11-10-13-8-6-5-7-9-13/h5-9,16H,10-12H2,1-4H3. The third kappa shape index (κ3) is 5.32. The molecule has 18 heavy (non-hydrogen) atoms. The first-order valence-electron chi connectivity index (χ1n) is 6.40. The van der Waals surface area contributed by atoms with Gasteiger partial charge < -0.3 is 10.2 Å². The molecule has 0 bridgehead atoms. The number of carbonyl (C=O) groups excluding carboxylic acids is 1. The number of rotatable bonds is 6. The Morgan fingerprint density at radius 1 is 1.22 bits per heavy atom. The van der Waals surface area contributed by atoms with Crippen molar-refractivity contribution in [3.8, 4) is 0 Å². The first-order chi connectivity index (χ1) is 8.41. The fourth-order valence-electron chi connectivity index (χ4n) is 1.66. The molecule has 0 fully saturated rings. The van der Waals surface area contributed by atoms with Gasteiger partial charge in [-0.2, -0.15) is 0 Å². The number of benzene rings is 1. The average Bonchev–Trinajstić information content (AvgIpc) is 2.35. The Kier molecular flexibility index (Phi) is 5.35. The summed E-state index contributed by atoms with van der Waals surface area (Å²) in [7, 11) is 3.56. The van der Waals surface area contributed by atoms with Gasteiger partial charge in [-0.1, -0.05) is 30.3 Å². The molecule has 0 heterocycles. The number of likely N-dealkylation sites (N-methyl/N-ethyl adjacent to an activating group) is 1. The highest BCUT2D eigenvalue weighted by Gasteiger charge is 2.18. The van der Waals surface area contributed by atoms with Crippen LogP contribution >= 0.6 is 0 Å². The number of nitrogens with one attached hydrogen (secondary N) is 1. The smallest absolute Gasteiger partial charge is 0.236 e. The van der Waals surface area contributed by atoms with Gasteiger partial charge in [-0.25, -0.2) is 0 Å². The summed E-state index contributed by atoms with van der Waals surface area (Å²) in [5.74, 6) is 0.114. The molecule has 0 aliphatic carbocycles. The summed E-state index contributed by atoms with van der Waals surface area (Å²) in [6, 6.07) is 10.4. The Hall–Kier alpha value is -1.35. The van der Waals surface area contributed by atoms with Gasteiger partial charge in [0.1, 0.15) is 0 Å². The molecule has 1 N–H and O–H groups in total. The summed E-state index contributed by atoms with van der Waals surface area (Å²) in [6.45, 7) is 4.67. The first-order valence-corrected chi connectivity index (χ1v) is 6.40. The maximum Gasteiger partial charge on any atom is 0.236 e. The highest BCUT2D eigenvalue weighted by Crippen LogP contribution is 2.13. The molecule has 0 unspecified atom stereocenters. The molecule has 0 atom stereocenters. The van der Waals surface area contributed by atoms with E-state index in [-0.39, 0.29) is 11.4 Å². The van der Waals surface area contributed by atoms with Crippen LogP contribution in [0.15, 0.2) is 30.3 Å². The molecular formula is C15H24N2O. The molecule has 0 saturated carbocycles. The predicted molar refractivity (Wildman–Crippen MR) is 75.5 cm³/mol. The second-order valence-electron chi connectivity index (χ2n) is 5.51. The molecule has 0 aromatic heterocycles. The number of aryl methyl sites for hydroxylation is 1. The van der Waals surface area contributed by atoms with Crippen LogP contribution in [0.2, 0.25) is 0 Å². The summed E-state index contributed by atoms with van der Waals surface area (Å²) in [4.78, 5) is 13.1. The van der Waals surface area contributed by atoms with Crippen LogP contribution in [0.25, 0.3) is 0 Å². The Bertz CT molecular complexity index is 371. The van der Waals surface area contributed by atoms with E-state index in [0.717, 1.165) is 12.8 Å². The first kappa shape index (κ1) is 14.7. The van der Waals surface area contributed by atoms with E-state index < -0.39 is 0 Å². The maximum atomic E-state index is 11.5. The third-order valence-electron chi connectivity index (χ3n) is 3.10. The Morgan fingerprint density at radius 3 is 2.39 bits per heavy atom. The van der Waals surface area contributed by atoms with Gasteiger partial charge in [-0.15, -0.1) is 0 Å². The van der Waals surface area contributed by atoms with E-state index in [4.69, 9.17) is 0 Å². The Morgan fingerprint density at radius 2 is 1.83 bits per heavy atom. The average molecular weight is 248 g/mol. The topological polar surface area (TPSA) is 32.3 Å². The zero-order valence-electron chi connectivity index (χ0n) is 11.9. The van der Waals surface area contributed by atoms with Crippen molar-refractivity contribution in [1.82, 2.24) is 10.2 Å². The van der Waals surface area contributed by atoms with Crippen molar-refractivity contribution < 1.29 is 4.79 Å². The highest BCUT2D eigenvalue weighted by molar-refractivity contribution is 5.77. The van der Waals surface area contributed by atoms with Crippen LogP contribution in [0.3, 0.4) is 0 Å². The van der Waals surface area contributed by atoms with E-state index >= 15 is 0 Å². The maximum absolute atomic E-state index is 11.5. The monoisotopic (exact) mass is 248 g/mol. The lowest BCUT2D eigenvalue weighted by molar-refractivity contribution is -0.128. The van der Waals surface area contributed by atoms with Crippen LogP contribution in [0.5, 0.6) is 0 Å². The lowest BCUT2D eigenvalue weighted by Crippen LogP contribution is -2.45. The van der Waals surface area contributed by atoms with Crippen molar-refractivity contribution >= 4 is 5.91 Å². The zero-order valence-corrected chi connectivity index (χ0v) is 11.9. The van der Waals surface area contributed by atoms with Crippen molar-refractivity contribution in [2.75, 3.05) is 20.6 Å². The predicted octanol–water partition coefficient (Wildman–Crippen LogP) is 2.08. The third-order valence-corrected chi connectivity index (χ3v) is 3.10. The molecule has 0 aliphatic heterocycles. The molecule has 0 saturated heterocycles. The minimum absolute atomic E-state index is 0.0263. The van der Waals surface area contributed by atoms with Gasteiger partial charge in [-0.05, 0) is 32.3 Å². The second-order valence-corrected chi connectivity index (χ2v) is 5.51. The normalized spacial score (nSPS) is 11.3. The van der Waals surface area contributed by atoms with E-state index in [1.165, 1.54) is 5.56 Å². The van der Waals surface area contributed by atoms with E-state index in [0.29, 0.717) is 6.54 Å². The minimum Gasteiger partial charge on any atom is -0.348 e. The van der Waals surface area contributed by atoms with E-state index in [1.54, 1.807) is 19.0 Å². The van der Waals surface area contributed by atoms with Crippen LogP contribution in [-0.4, -0.2) is 37.0 Å². The second kappa shape index (κ2) is 6.55.